The molecule has 0 radical (unpaired) electrons. The van der Waals surface area contributed by atoms with E-state index in [2.05, 4.69) is 5.32 Å². The number of nitro groups is 1. The molecule has 2 amide bonds. The van der Waals surface area contributed by atoms with Gasteiger partial charge in [-0.25, -0.2) is 9.59 Å². The van der Waals surface area contributed by atoms with E-state index in [-0.39, 0.29) is 22.4 Å². The number of carboxylic acids is 1. The fourth-order valence-electron chi connectivity index (χ4n) is 5.73. The van der Waals surface area contributed by atoms with Crippen LogP contribution in [0.5, 0.6) is 0 Å². The summed E-state index contributed by atoms with van der Waals surface area (Å²) < 4.78 is 180. The summed E-state index contributed by atoms with van der Waals surface area (Å²) in [6.45, 7) is -1.26. The summed E-state index contributed by atoms with van der Waals surface area (Å²) in [5, 5.41) is 24.3. The molecule has 2 N–H and O–H groups in total. The number of imide groups is 1. The average Bonchev–Trinajstić information content (AvgIpc) is 3.33. The van der Waals surface area contributed by atoms with Gasteiger partial charge in [-0.3, -0.25) is 24.6 Å². The molecule has 24 heteroatoms. The smallest absolute Gasteiger partial charge is 0.460 e. The Morgan fingerprint density at radius 2 is 1.36 bits per heavy atom. The molecule has 2 aliphatic rings. The van der Waals surface area contributed by atoms with Crippen molar-refractivity contribution in [2.24, 2.45) is 0 Å². The molecule has 4 rings (SSSR count). The fourth-order valence-corrected chi connectivity index (χ4v) is 5.73. The van der Waals surface area contributed by atoms with Crippen LogP contribution in [-0.4, -0.2) is 87.6 Å². The molecule has 11 nitrogen and oxygen atoms in total. The molecule has 2 aliphatic heterocycles. The summed E-state index contributed by atoms with van der Waals surface area (Å²) in [4.78, 5) is 63.4. The van der Waals surface area contributed by atoms with Crippen molar-refractivity contribution in [1.82, 2.24) is 10.2 Å². The Morgan fingerprint density at radius 3 is 1.86 bits per heavy atom. The van der Waals surface area contributed by atoms with Crippen LogP contribution in [-0.2, 0) is 14.3 Å². The number of dihydropyridines is 1. The number of nitrogens with one attached hydrogen (secondary N) is 1. The molecule has 2 aromatic carbocycles. The van der Waals surface area contributed by atoms with Gasteiger partial charge in [0.05, 0.1) is 46.3 Å². The molecule has 0 fully saturated rings. The third-order valence-electron chi connectivity index (χ3n) is 8.57. The molecule has 2 heterocycles. The van der Waals surface area contributed by atoms with Crippen molar-refractivity contribution in [2.75, 3.05) is 13.2 Å². The van der Waals surface area contributed by atoms with Crippen LogP contribution >= 0.6 is 0 Å². The van der Waals surface area contributed by atoms with Crippen LogP contribution in [0.1, 0.15) is 52.0 Å². The maximum absolute atomic E-state index is 14.3. The predicted molar refractivity (Wildman–Crippen MR) is 159 cm³/mol. The summed E-state index contributed by atoms with van der Waals surface area (Å²) in [5.41, 5.74) is -3.54. The van der Waals surface area contributed by atoms with Crippen LogP contribution in [0, 0.1) is 10.1 Å². The number of hydrogen-bond acceptors (Lipinski definition) is 8. The minimum atomic E-state index is -8.11. The van der Waals surface area contributed by atoms with Crippen LogP contribution in [0.4, 0.5) is 62.8 Å². The highest BCUT2D eigenvalue weighted by Crippen LogP contribution is 2.60. The van der Waals surface area contributed by atoms with E-state index < -0.39 is 119 Å². The second-order valence-corrected chi connectivity index (χ2v) is 12.1. The number of amides is 2. The van der Waals surface area contributed by atoms with E-state index in [4.69, 9.17) is 4.74 Å². The first-order valence-electron chi connectivity index (χ1n) is 15.3. The molecule has 0 aliphatic carbocycles. The van der Waals surface area contributed by atoms with Crippen molar-refractivity contribution in [1.29, 1.82) is 0 Å². The van der Waals surface area contributed by atoms with Crippen molar-refractivity contribution in [3.05, 3.63) is 97.9 Å². The molecular formula is C32H22F13N3O8. The van der Waals surface area contributed by atoms with Gasteiger partial charge in [0.2, 0.25) is 0 Å². The molecular weight excluding hydrogens is 801 g/mol. The van der Waals surface area contributed by atoms with Gasteiger partial charge in [-0.15, -0.1) is 0 Å². The third kappa shape index (κ3) is 6.99. The van der Waals surface area contributed by atoms with Gasteiger partial charge < -0.3 is 15.2 Å². The number of allylic oxidation sites excluding steroid dienone is 1. The number of rotatable bonds is 14. The Balaban J connectivity index is 1.63. The highest BCUT2D eigenvalue weighted by molar-refractivity contribution is 6.21. The molecule has 304 valence electrons. The summed E-state index contributed by atoms with van der Waals surface area (Å²) in [7, 11) is 0. The zero-order valence-electron chi connectivity index (χ0n) is 27.6. The van der Waals surface area contributed by atoms with E-state index >= 15 is 0 Å². The van der Waals surface area contributed by atoms with Crippen molar-refractivity contribution in [2.45, 2.75) is 61.5 Å². The molecule has 0 spiro atoms. The Morgan fingerprint density at radius 1 is 0.821 bits per heavy atom. The van der Waals surface area contributed by atoms with E-state index in [1.165, 1.54) is 24.3 Å². The number of hydrogen-bond donors (Lipinski definition) is 2. The van der Waals surface area contributed by atoms with E-state index in [0.29, 0.717) is 4.90 Å². The van der Waals surface area contributed by atoms with Crippen molar-refractivity contribution in [3.8, 4) is 0 Å². The Kier molecular flexibility index (Phi) is 11.1. The maximum Gasteiger partial charge on any atom is 0.460 e. The van der Waals surface area contributed by atoms with Crippen molar-refractivity contribution < 1.29 is 91.0 Å². The minimum Gasteiger partial charge on any atom is -0.478 e. The Hall–Kier alpha value is -5.71. The number of ether oxygens (including phenoxy) is 1. The van der Waals surface area contributed by atoms with E-state index in [9.17, 15) is 91.5 Å². The summed E-state index contributed by atoms with van der Waals surface area (Å²) in [6.07, 6.45) is -12.0. The Labute approximate surface area is 303 Å². The molecule has 2 aromatic rings. The number of alkyl halides is 13. The molecule has 56 heavy (non-hydrogen) atoms. The number of fused-ring (bicyclic) bond motifs is 1. The topological polar surface area (TPSA) is 156 Å². The third-order valence-corrected chi connectivity index (χ3v) is 8.57. The monoisotopic (exact) mass is 823 g/mol. The van der Waals surface area contributed by atoms with E-state index in [1.54, 1.807) is 0 Å². The average molecular weight is 824 g/mol. The van der Waals surface area contributed by atoms with Crippen LogP contribution in [0.3, 0.4) is 0 Å². The lowest BCUT2D eigenvalue weighted by Gasteiger charge is -2.39. The van der Waals surface area contributed by atoms with Gasteiger partial charge in [0.15, 0.2) is 0 Å². The van der Waals surface area contributed by atoms with Crippen LogP contribution in [0.15, 0.2) is 71.1 Å². The highest BCUT2D eigenvalue weighted by atomic mass is 19.4. The SMILES string of the molecule is CC1=C(C(=O)OCCCC(F)(F)C(F)(F)C(F)(F)C(F)(F)C(F)(F)C(F)(F)F)C(c2cccc([N+](=O)[O-])c2)C(C(=O)O)=C(CN2C(=O)c3ccccc3C2=O)N1. The van der Waals surface area contributed by atoms with E-state index in [1.807, 2.05) is 0 Å². The van der Waals surface area contributed by atoms with Gasteiger partial charge in [0, 0.05) is 29.9 Å². The molecule has 0 bridgehead atoms. The lowest BCUT2D eigenvalue weighted by Crippen LogP contribution is -2.70. The molecule has 0 aromatic heterocycles. The predicted octanol–water partition coefficient (Wildman–Crippen LogP) is 7.25. The number of carbonyl (C=O) groups excluding carboxylic acids is 3. The van der Waals surface area contributed by atoms with Gasteiger partial charge in [0.1, 0.15) is 0 Å². The zero-order chi connectivity index (χ0) is 42.6. The first-order valence-corrected chi connectivity index (χ1v) is 15.3. The standard InChI is InChI=1S/C32H22F13N3O8/c1-14-20(26(53)56-11-5-10-27(33,34)28(35,36)29(37,38)30(39,40)31(41,42)32(43,44)45)21(15-6-4-7-16(12-15)48(54)55)22(25(51)52)19(46-14)13-47-23(49)17-8-2-3-9-18(17)24(47)50/h2-4,6-9,12,21,46H,5,10-11,13H2,1H3,(H,51,52). The summed E-state index contributed by atoms with van der Waals surface area (Å²) in [5.74, 6) is -45.3. The van der Waals surface area contributed by atoms with Crippen molar-refractivity contribution >= 4 is 29.4 Å². The van der Waals surface area contributed by atoms with Gasteiger partial charge in [-0.05, 0) is 31.0 Å². The number of nitro benzene ring substituents is 1. The first kappa shape index (κ1) is 43.0. The van der Waals surface area contributed by atoms with Gasteiger partial charge in [0.25, 0.3) is 17.5 Å². The number of non-ortho nitro benzene ring substituents is 1. The number of esters is 1. The lowest BCUT2D eigenvalue weighted by atomic mass is 9.80. The molecule has 1 atom stereocenters. The number of halogens is 13. The van der Waals surface area contributed by atoms with Gasteiger partial charge >= 0.3 is 47.7 Å². The lowest BCUT2D eigenvalue weighted by molar-refractivity contribution is -0.440. The summed E-state index contributed by atoms with van der Waals surface area (Å²) >= 11 is 0. The fraction of sp³-hybridized carbons (Fsp3) is 0.375. The second kappa shape index (κ2) is 14.4. The maximum atomic E-state index is 14.3. The zero-order valence-corrected chi connectivity index (χ0v) is 27.6. The molecule has 0 saturated heterocycles. The van der Waals surface area contributed by atoms with Crippen LogP contribution < -0.4 is 5.32 Å². The minimum absolute atomic E-state index is 0.0578. The number of benzene rings is 2. The largest absolute Gasteiger partial charge is 0.478 e. The van der Waals surface area contributed by atoms with Gasteiger partial charge in [-0.1, -0.05) is 24.3 Å². The van der Waals surface area contributed by atoms with Crippen LogP contribution in [0.25, 0.3) is 0 Å². The number of aliphatic carboxylic acids is 1. The quantitative estimate of drug-likeness (QED) is 0.0501. The number of nitrogens with zero attached hydrogens (tertiary/aromatic N) is 2. The molecule has 1 unspecified atom stereocenters. The van der Waals surface area contributed by atoms with Crippen molar-refractivity contribution in [3.63, 3.8) is 0 Å². The second-order valence-electron chi connectivity index (χ2n) is 12.1. The van der Waals surface area contributed by atoms with Crippen LogP contribution in [0.2, 0.25) is 0 Å². The molecule has 0 saturated carbocycles. The number of carbonyl (C=O) groups is 4. The number of carboxylic acid groups (broad SMARTS) is 1. The Bertz CT molecular complexity index is 2010. The van der Waals surface area contributed by atoms with E-state index in [0.717, 1.165) is 31.2 Å². The normalized spacial score (nSPS) is 17.2. The highest BCUT2D eigenvalue weighted by Gasteiger charge is 2.90. The first-order chi connectivity index (χ1) is 25.5. The van der Waals surface area contributed by atoms with Gasteiger partial charge in [-0.2, -0.15) is 57.1 Å². The summed E-state index contributed by atoms with van der Waals surface area (Å²) in [6, 6.07) is 9.31.